The average molecular weight is 407 g/mol. The van der Waals surface area contributed by atoms with Gasteiger partial charge in [-0.3, -0.25) is 14.5 Å². The Morgan fingerprint density at radius 2 is 1.70 bits per heavy atom. The van der Waals surface area contributed by atoms with Gasteiger partial charge in [0.15, 0.2) is 0 Å². The minimum atomic E-state index is -0.513. The highest BCUT2D eigenvalue weighted by Gasteiger charge is 2.59. The summed E-state index contributed by atoms with van der Waals surface area (Å²) in [5.41, 5.74) is 0.564. The quantitative estimate of drug-likeness (QED) is 0.415. The van der Waals surface area contributed by atoms with E-state index in [2.05, 4.69) is 12.2 Å². The summed E-state index contributed by atoms with van der Waals surface area (Å²) in [5.74, 6) is 0.430. The maximum absolute atomic E-state index is 12.9. The van der Waals surface area contributed by atoms with E-state index < -0.39 is 5.97 Å². The number of imide groups is 1. The molecule has 2 amide bonds. The molecule has 7 nitrogen and oxygen atoms in total. The van der Waals surface area contributed by atoms with Crippen LogP contribution in [-0.2, 0) is 20.9 Å². The minimum Gasteiger partial charge on any atom is -0.486 e. The van der Waals surface area contributed by atoms with Gasteiger partial charge in [0.2, 0.25) is 17.6 Å². The first-order chi connectivity index (χ1) is 14.6. The number of hydrogen-bond donors (Lipinski definition) is 0. The van der Waals surface area contributed by atoms with Gasteiger partial charge >= 0.3 is 5.97 Å². The second kappa shape index (κ2) is 7.16. The Kier molecular flexibility index (Phi) is 4.46. The zero-order valence-electron chi connectivity index (χ0n) is 16.4. The van der Waals surface area contributed by atoms with Crippen molar-refractivity contribution in [3.63, 3.8) is 0 Å². The topological polar surface area (TPSA) is 86.0 Å². The van der Waals surface area contributed by atoms with Crippen LogP contribution in [0, 0.1) is 23.7 Å². The number of allylic oxidation sites excluding steroid dienone is 2. The number of ether oxygens (including phenoxy) is 2. The number of esters is 1. The van der Waals surface area contributed by atoms with Gasteiger partial charge in [-0.25, -0.2) is 4.79 Å². The minimum absolute atomic E-state index is 0.0994. The van der Waals surface area contributed by atoms with Crippen molar-refractivity contribution in [1.82, 2.24) is 0 Å². The van der Waals surface area contributed by atoms with E-state index >= 15 is 0 Å². The van der Waals surface area contributed by atoms with Gasteiger partial charge in [-0.05, 0) is 61.6 Å². The molecule has 1 saturated carbocycles. The molecule has 2 bridgehead atoms. The molecule has 1 aromatic heterocycles. The number of benzene rings is 1. The predicted octanol–water partition coefficient (Wildman–Crippen LogP) is 3.35. The van der Waals surface area contributed by atoms with Crippen LogP contribution in [0.1, 0.15) is 29.7 Å². The fraction of sp³-hybridized carbons (Fsp3) is 0.348. The number of fused-ring (bicyclic) bond motifs is 5. The molecule has 0 radical (unpaired) electrons. The van der Waals surface area contributed by atoms with Crippen molar-refractivity contribution in [1.29, 1.82) is 0 Å². The number of carbonyl (C=O) groups is 3. The van der Waals surface area contributed by atoms with Crippen molar-refractivity contribution < 1.29 is 28.3 Å². The Labute approximate surface area is 173 Å². The zero-order valence-corrected chi connectivity index (χ0v) is 16.4. The van der Waals surface area contributed by atoms with Crippen molar-refractivity contribution in [2.45, 2.75) is 20.0 Å². The SMILES string of the molecule is CCOC(=O)c1ccc(COc2ccc(N3C(=O)[C@H]4[C@H](C3=O)[C@H]3C=C[C@H]4C3)cc2)o1. The number of furan rings is 1. The molecule has 3 aliphatic rings. The van der Waals surface area contributed by atoms with Crippen LogP contribution in [0.5, 0.6) is 5.75 Å². The van der Waals surface area contributed by atoms with Gasteiger partial charge in [0, 0.05) is 0 Å². The maximum atomic E-state index is 12.9. The summed E-state index contributed by atoms with van der Waals surface area (Å²) >= 11 is 0. The zero-order chi connectivity index (χ0) is 20.8. The van der Waals surface area contributed by atoms with Gasteiger partial charge in [-0.2, -0.15) is 0 Å². The third-order valence-corrected chi connectivity index (χ3v) is 6.08. The van der Waals surface area contributed by atoms with E-state index in [1.54, 1.807) is 43.3 Å². The predicted molar refractivity (Wildman–Crippen MR) is 106 cm³/mol. The van der Waals surface area contributed by atoms with Crippen LogP contribution in [0.2, 0.25) is 0 Å². The molecule has 154 valence electrons. The number of amides is 2. The Morgan fingerprint density at radius 1 is 1.03 bits per heavy atom. The fourth-order valence-electron chi connectivity index (χ4n) is 4.77. The first-order valence-electron chi connectivity index (χ1n) is 10.1. The summed E-state index contributed by atoms with van der Waals surface area (Å²) in [7, 11) is 0. The molecule has 2 fully saturated rings. The molecule has 0 spiro atoms. The molecule has 0 unspecified atom stereocenters. The van der Waals surface area contributed by atoms with E-state index in [4.69, 9.17) is 13.9 Å². The molecule has 2 heterocycles. The number of hydrogen-bond acceptors (Lipinski definition) is 6. The Balaban J connectivity index is 1.24. The molecule has 7 heteroatoms. The van der Waals surface area contributed by atoms with Crippen LogP contribution in [0.3, 0.4) is 0 Å². The molecular weight excluding hydrogens is 386 g/mol. The van der Waals surface area contributed by atoms with Crippen molar-refractivity contribution in [2.75, 3.05) is 11.5 Å². The standard InChI is InChI=1S/C23H21NO6/c1-2-28-23(27)18-10-9-17(30-18)12-29-16-7-5-15(6-8-16)24-21(25)19-13-3-4-14(11-13)20(19)22(24)26/h3-10,13-14,19-20H,2,11-12H2,1H3/t13-,14-,19+,20+/m0/s1. The molecule has 1 aliphatic heterocycles. The lowest BCUT2D eigenvalue weighted by Gasteiger charge is -2.17. The molecule has 5 rings (SSSR count). The third-order valence-electron chi connectivity index (χ3n) is 6.08. The maximum Gasteiger partial charge on any atom is 0.374 e. The molecule has 30 heavy (non-hydrogen) atoms. The van der Waals surface area contributed by atoms with Crippen LogP contribution >= 0.6 is 0 Å². The number of anilines is 1. The van der Waals surface area contributed by atoms with Gasteiger partial charge < -0.3 is 13.9 Å². The van der Waals surface area contributed by atoms with Crippen molar-refractivity contribution in [3.05, 3.63) is 60.1 Å². The molecule has 0 N–H and O–H groups in total. The number of nitrogens with zero attached hydrogens (tertiary/aromatic N) is 1. The lowest BCUT2D eigenvalue weighted by atomic mass is 9.85. The van der Waals surface area contributed by atoms with E-state index in [9.17, 15) is 14.4 Å². The molecule has 1 aromatic carbocycles. The van der Waals surface area contributed by atoms with Crippen LogP contribution in [0.25, 0.3) is 0 Å². The van der Waals surface area contributed by atoms with Gasteiger partial charge in [-0.1, -0.05) is 12.2 Å². The summed E-state index contributed by atoms with van der Waals surface area (Å²) in [5, 5.41) is 0. The highest BCUT2D eigenvalue weighted by atomic mass is 16.5. The average Bonchev–Trinajstić information content (AvgIpc) is 3.52. The largest absolute Gasteiger partial charge is 0.486 e. The molecule has 4 atom stereocenters. The summed E-state index contributed by atoms with van der Waals surface area (Å²) < 4.78 is 16.0. The molecule has 2 aromatic rings. The second-order valence-corrected chi connectivity index (χ2v) is 7.78. The van der Waals surface area contributed by atoms with Crippen LogP contribution < -0.4 is 9.64 Å². The first kappa shape index (κ1) is 18.7. The van der Waals surface area contributed by atoms with Crippen molar-refractivity contribution >= 4 is 23.5 Å². The fourth-order valence-corrected chi connectivity index (χ4v) is 4.77. The van der Waals surface area contributed by atoms with Crippen LogP contribution in [0.4, 0.5) is 5.69 Å². The van der Waals surface area contributed by atoms with E-state index in [-0.39, 0.29) is 54.5 Å². The Bertz CT molecular complexity index is 1010. The molecule has 1 saturated heterocycles. The highest BCUT2D eigenvalue weighted by molar-refractivity contribution is 6.22. The number of rotatable bonds is 6. The van der Waals surface area contributed by atoms with Crippen LogP contribution in [0.15, 0.2) is 53.0 Å². The van der Waals surface area contributed by atoms with E-state index in [1.807, 2.05) is 0 Å². The highest BCUT2D eigenvalue weighted by Crippen LogP contribution is 2.53. The van der Waals surface area contributed by atoms with Gasteiger partial charge in [0.25, 0.3) is 0 Å². The normalized spacial score (nSPS) is 26.4. The monoisotopic (exact) mass is 407 g/mol. The smallest absolute Gasteiger partial charge is 0.374 e. The summed E-state index contributed by atoms with van der Waals surface area (Å²) in [6.07, 6.45) is 5.08. The van der Waals surface area contributed by atoms with E-state index in [0.717, 1.165) is 6.42 Å². The lowest BCUT2D eigenvalue weighted by Crippen LogP contribution is -2.32. The van der Waals surface area contributed by atoms with Crippen molar-refractivity contribution in [3.8, 4) is 5.75 Å². The summed E-state index contributed by atoms with van der Waals surface area (Å²) in [6.45, 7) is 2.14. The molecular formula is C23H21NO6. The van der Waals surface area contributed by atoms with E-state index in [0.29, 0.717) is 17.2 Å². The van der Waals surface area contributed by atoms with E-state index in [1.165, 1.54) is 4.90 Å². The summed E-state index contributed by atoms with van der Waals surface area (Å²) in [4.78, 5) is 38.7. The Morgan fingerprint density at radius 3 is 2.33 bits per heavy atom. The first-order valence-corrected chi connectivity index (χ1v) is 10.1. The van der Waals surface area contributed by atoms with Gasteiger partial charge in [0.05, 0.1) is 24.1 Å². The van der Waals surface area contributed by atoms with Gasteiger partial charge in [0.1, 0.15) is 18.1 Å². The third kappa shape index (κ3) is 2.93. The lowest BCUT2D eigenvalue weighted by molar-refractivity contribution is -0.123. The number of carbonyl (C=O) groups excluding carboxylic acids is 3. The van der Waals surface area contributed by atoms with Crippen LogP contribution in [-0.4, -0.2) is 24.4 Å². The van der Waals surface area contributed by atoms with Crippen molar-refractivity contribution in [2.24, 2.45) is 23.7 Å². The second-order valence-electron chi connectivity index (χ2n) is 7.78. The summed E-state index contributed by atoms with van der Waals surface area (Å²) in [6, 6.07) is 10.1. The van der Waals surface area contributed by atoms with Gasteiger partial charge in [-0.15, -0.1) is 0 Å². The molecule has 2 aliphatic carbocycles. The Hall–Kier alpha value is -3.35.